The molecule has 0 saturated heterocycles. The number of aliphatic carboxylic acids is 1. The maximum Gasteiger partial charge on any atom is 0.303 e. The van der Waals surface area contributed by atoms with Gasteiger partial charge in [-0.3, -0.25) is 9.59 Å². The zero-order valence-electron chi connectivity index (χ0n) is 8.45. The van der Waals surface area contributed by atoms with Crippen molar-refractivity contribution in [1.29, 1.82) is 0 Å². The van der Waals surface area contributed by atoms with Gasteiger partial charge in [-0.05, 0) is 31.6 Å². The van der Waals surface area contributed by atoms with Crippen molar-refractivity contribution >= 4 is 11.9 Å². The van der Waals surface area contributed by atoms with Crippen molar-refractivity contribution in [1.82, 2.24) is 5.32 Å². The Kier molecular flexibility index (Phi) is 3.92. The van der Waals surface area contributed by atoms with E-state index in [2.05, 4.69) is 5.32 Å². The molecule has 1 rings (SSSR count). The van der Waals surface area contributed by atoms with Gasteiger partial charge in [0.2, 0.25) is 5.91 Å². The molecule has 4 heteroatoms. The monoisotopic (exact) mass is 199 g/mol. The van der Waals surface area contributed by atoms with Gasteiger partial charge in [-0.25, -0.2) is 0 Å². The highest BCUT2D eigenvalue weighted by molar-refractivity contribution is 5.73. The fraction of sp³-hybridized carbons (Fsp3) is 0.800. The average molecular weight is 199 g/mol. The van der Waals surface area contributed by atoms with Gasteiger partial charge in [-0.2, -0.15) is 0 Å². The van der Waals surface area contributed by atoms with E-state index in [1.54, 1.807) is 0 Å². The number of rotatable bonds is 4. The molecule has 0 heterocycles. The molecule has 1 amide bonds. The molecule has 1 aliphatic rings. The Balaban J connectivity index is 2.20. The van der Waals surface area contributed by atoms with E-state index in [-0.39, 0.29) is 18.4 Å². The first kappa shape index (κ1) is 11.0. The van der Waals surface area contributed by atoms with Gasteiger partial charge in [0.1, 0.15) is 0 Å². The molecule has 2 N–H and O–H groups in total. The number of carbonyl (C=O) groups is 2. The summed E-state index contributed by atoms with van der Waals surface area (Å²) in [5.41, 5.74) is 0. The molecule has 1 saturated carbocycles. The Bertz CT molecular complexity index is 227. The summed E-state index contributed by atoms with van der Waals surface area (Å²) in [6.45, 7) is 1.52. The summed E-state index contributed by atoms with van der Waals surface area (Å²) in [7, 11) is 0. The van der Waals surface area contributed by atoms with Crippen LogP contribution in [-0.4, -0.2) is 23.0 Å². The van der Waals surface area contributed by atoms with Crippen LogP contribution in [0.2, 0.25) is 0 Å². The van der Waals surface area contributed by atoms with Crippen LogP contribution >= 0.6 is 0 Å². The first-order chi connectivity index (χ1) is 6.58. The van der Waals surface area contributed by atoms with E-state index in [1.165, 1.54) is 6.92 Å². The van der Waals surface area contributed by atoms with Gasteiger partial charge in [-0.15, -0.1) is 0 Å². The van der Waals surface area contributed by atoms with Crippen LogP contribution in [0.5, 0.6) is 0 Å². The fourth-order valence-electron chi connectivity index (χ4n) is 2.08. The van der Waals surface area contributed by atoms with Gasteiger partial charge >= 0.3 is 5.97 Å². The molecule has 0 aliphatic heterocycles. The highest BCUT2D eigenvalue weighted by Crippen LogP contribution is 2.29. The Morgan fingerprint density at radius 3 is 2.71 bits per heavy atom. The van der Waals surface area contributed by atoms with Crippen LogP contribution < -0.4 is 5.32 Å². The van der Waals surface area contributed by atoms with Crippen molar-refractivity contribution in [2.75, 3.05) is 0 Å². The largest absolute Gasteiger partial charge is 0.481 e. The SMILES string of the molecule is CC(=O)NC1CCC(CCC(=O)O)C1. The highest BCUT2D eigenvalue weighted by Gasteiger charge is 2.25. The van der Waals surface area contributed by atoms with Crippen LogP contribution in [0.3, 0.4) is 0 Å². The summed E-state index contributed by atoms with van der Waals surface area (Å²) in [6, 6.07) is 0.270. The number of amides is 1. The van der Waals surface area contributed by atoms with Crippen LogP contribution in [0.4, 0.5) is 0 Å². The summed E-state index contributed by atoms with van der Waals surface area (Å²) in [6.07, 6.45) is 3.96. The zero-order chi connectivity index (χ0) is 10.6. The van der Waals surface area contributed by atoms with Crippen molar-refractivity contribution in [2.24, 2.45) is 5.92 Å². The van der Waals surface area contributed by atoms with E-state index >= 15 is 0 Å². The molecule has 1 fully saturated rings. The minimum Gasteiger partial charge on any atom is -0.481 e. The number of carboxylic acids is 1. The molecule has 0 aromatic rings. The molecule has 2 unspecified atom stereocenters. The van der Waals surface area contributed by atoms with Crippen LogP contribution in [-0.2, 0) is 9.59 Å². The van der Waals surface area contributed by atoms with Crippen molar-refractivity contribution in [3.63, 3.8) is 0 Å². The van der Waals surface area contributed by atoms with Crippen molar-refractivity contribution < 1.29 is 14.7 Å². The van der Waals surface area contributed by atoms with Crippen molar-refractivity contribution in [3.05, 3.63) is 0 Å². The van der Waals surface area contributed by atoms with Crippen molar-refractivity contribution in [3.8, 4) is 0 Å². The van der Waals surface area contributed by atoms with Crippen molar-refractivity contribution in [2.45, 2.75) is 45.1 Å². The van der Waals surface area contributed by atoms with Gasteiger partial charge in [0.25, 0.3) is 0 Å². The van der Waals surface area contributed by atoms with E-state index in [0.717, 1.165) is 25.7 Å². The molecule has 0 aromatic carbocycles. The molecule has 0 bridgehead atoms. The van der Waals surface area contributed by atoms with E-state index in [0.29, 0.717) is 5.92 Å². The lowest BCUT2D eigenvalue weighted by molar-refractivity contribution is -0.137. The summed E-state index contributed by atoms with van der Waals surface area (Å²) in [4.78, 5) is 21.1. The summed E-state index contributed by atoms with van der Waals surface area (Å²) in [5, 5.41) is 11.4. The molecule has 1 aliphatic carbocycles. The third kappa shape index (κ3) is 3.77. The number of hydrogen-bond donors (Lipinski definition) is 2. The smallest absolute Gasteiger partial charge is 0.303 e. The molecular weight excluding hydrogens is 182 g/mol. The fourth-order valence-corrected chi connectivity index (χ4v) is 2.08. The summed E-state index contributed by atoms with van der Waals surface area (Å²) in [5.74, 6) is -0.246. The predicted molar refractivity (Wildman–Crippen MR) is 51.8 cm³/mol. The standard InChI is InChI=1S/C10H17NO3/c1-7(12)11-9-4-2-8(6-9)3-5-10(13)14/h8-9H,2-6H2,1H3,(H,11,12)(H,13,14). The molecule has 80 valence electrons. The molecular formula is C10H17NO3. The number of hydrogen-bond acceptors (Lipinski definition) is 2. The van der Waals surface area contributed by atoms with Crippen LogP contribution in [0.25, 0.3) is 0 Å². The van der Waals surface area contributed by atoms with E-state index in [1.807, 2.05) is 0 Å². The first-order valence-corrected chi connectivity index (χ1v) is 5.07. The van der Waals surface area contributed by atoms with Crippen LogP contribution in [0, 0.1) is 5.92 Å². The third-order valence-corrected chi connectivity index (χ3v) is 2.72. The quantitative estimate of drug-likeness (QED) is 0.714. The molecule has 0 aromatic heterocycles. The maximum absolute atomic E-state index is 10.8. The van der Waals surface area contributed by atoms with Gasteiger partial charge in [0.15, 0.2) is 0 Å². The van der Waals surface area contributed by atoms with Gasteiger partial charge in [0.05, 0.1) is 0 Å². The minimum atomic E-state index is -0.729. The van der Waals surface area contributed by atoms with Gasteiger partial charge in [-0.1, -0.05) is 0 Å². The lowest BCUT2D eigenvalue weighted by Crippen LogP contribution is -2.30. The highest BCUT2D eigenvalue weighted by atomic mass is 16.4. The predicted octanol–water partition coefficient (Wildman–Crippen LogP) is 1.16. The topological polar surface area (TPSA) is 66.4 Å². The van der Waals surface area contributed by atoms with Crippen LogP contribution in [0.1, 0.15) is 39.0 Å². The second-order valence-corrected chi connectivity index (χ2v) is 4.01. The molecule has 2 atom stereocenters. The van der Waals surface area contributed by atoms with E-state index in [9.17, 15) is 9.59 Å². The molecule has 0 radical (unpaired) electrons. The second-order valence-electron chi connectivity index (χ2n) is 4.01. The Hall–Kier alpha value is -1.06. The minimum absolute atomic E-state index is 0.00823. The van der Waals surface area contributed by atoms with Gasteiger partial charge in [0, 0.05) is 19.4 Å². The summed E-state index contributed by atoms with van der Waals surface area (Å²) >= 11 is 0. The Morgan fingerprint density at radius 2 is 2.14 bits per heavy atom. The summed E-state index contributed by atoms with van der Waals surface area (Å²) < 4.78 is 0. The average Bonchev–Trinajstić information content (AvgIpc) is 2.47. The molecule has 4 nitrogen and oxygen atoms in total. The number of carbonyl (C=O) groups excluding carboxylic acids is 1. The second kappa shape index (κ2) is 4.98. The van der Waals surface area contributed by atoms with E-state index < -0.39 is 5.97 Å². The van der Waals surface area contributed by atoms with Gasteiger partial charge < -0.3 is 10.4 Å². The Morgan fingerprint density at radius 1 is 1.43 bits per heavy atom. The van der Waals surface area contributed by atoms with E-state index in [4.69, 9.17) is 5.11 Å². The Labute approximate surface area is 83.7 Å². The number of carboxylic acid groups (broad SMARTS) is 1. The number of nitrogens with one attached hydrogen (secondary N) is 1. The van der Waals surface area contributed by atoms with Crippen LogP contribution in [0.15, 0.2) is 0 Å². The zero-order valence-corrected chi connectivity index (χ0v) is 8.45. The normalized spacial score (nSPS) is 26.1. The lowest BCUT2D eigenvalue weighted by atomic mass is 10.0. The first-order valence-electron chi connectivity index (χ1n) is 5.07. The maximum atomic E-state index is 10.8. The lowest BCUT2D eigenvalue weighted by Gasteiger charge is -2.11. The molecule has 0 spiro atoms. The third-order valence-electron chi connectivity index (χ3n) is 2.72. The molecule has 14 heavy (non-hydrogen) atoms.